The molecule has 1 aromatic carbocycles. The molecular weight excluding hydrogens is 181 g/mol. The topological polar surface area (TPSA) is 58.6 Å². The largest absolute Gasteiger partial charge is 0.393 e. The smallest absolute Gasteiger partial charge is 0.372 e. The van der Waals surface area contributed by atoms with Gasteiger partial charge in [-0.3, -0.25) is 4.89 Å². The van der Waals surface area contributed by atoms with Gasteiger partial charge in [-0.15, -0.1) is 0 Å². The molecular formula is C9H11BNO3. The van der Waals surface area contributed by atoms with Crippen LogP contribution < -0.4 is 5.32 Å². The summed E-state index contributed by atoms with van der Waals surface area (Å²) in [5.74, 6) is -0.755. The van der Waals surface area contributed by atoms with Crippen molar-refractivity contribution in [1.29, 1.82) is 0 Å². The molecule has 0 bridgehead atoms. The maximum Gasteiger partial charge on any atom is 0.372 e. The highest BCUT2D eigenvalue weighted by atomic mass is 17.1. The molecule has 0 fully saturated rings. The Kier molecular flexibility index (Phi) is 4.00. The Morgan fingerprint density at radius 1 is 1.64 bits per heavy atom. The zero-order chi connectivity index (χ0) is 10.4. The molecule has 1 radical (unpaired) electrons. The Balaban J connectivity index is 2.73. The van der Waals surface area contributed by atoms with Crippen molar-refractivity contribution >= 4 is 18.9 Å². The van der Waals surface area contributed by atoms with Gasteiger partial charge in [0.15, 0.2) is 0 Å². The summed E-state index contributed by atoms with van der Waals surface area (Å²) in [6, 6.07) is 6.73. The third-order valence-electron chi connectivity index (χ3n) is 1.69. The van der Waals surface area contributed by atoms with Crippen molar-refractivity contribution < 1.29 is 14.9 Å². The van der Waals surface area contributed by atoms with E-state index in [1.54, 1.807) is 18.2 Å². The fourth-order valence-electron chi connectivity index (χ4n) is 1.03. The molecule has 0 spiro atoms. The predicted molar refractivity (Wildman–Crippen MR) is 54.6 cm³/mol. The second-order valence-corrected chi connectivity index (χ2v) is 2.75. The lowest BCUT2D eigenvalue weighted by Crippen LogP contribution is -2.07. The standard InChI is InChI=1S/C9H11BNO3/c1-10-6-11-8-4-2-3-7(5-8)9(12)14-13/h2-5,11,13H,6H2,1H3. The van der Waals surface area contributed by atoms with Gasteiger partial charge in [0.1, 0.15) is 7.28 Å². The molecule has 73 valence electrons. The number of carbonyl (C=O) groups excluding carboxylic acids is 1. The number of carbonyl (C=O) groups is 1. The van der Waals surface area contributed by atoms with E-state index in [1.807, 2.05) is 20.2 Å². The Labute approximate surface area is 83.1 Å². The minimum absolute atomic E-state index is 0.314. The Hall–Kier alpha value is -1.49. The molecule has 0 atom stereocenters. The summed E-state index contributed by atoms with van der Waals surface area (Å²) >= 11 is 0. The summed E-state index contributed by atoms with van der Waals surface area (Å²) in [4.78, 5) is 14.6. The molecule has 1 rings (SSSR count). The van der Waals surface area contributed by atoms with E-state index in [2.05, 4.69) is 10.2 Å². The number of nitrogens with one attached hydrogen (secondary N) is 1. The molecule has 0 aliphatic heterocycles. The van der Waals surface area contributed by atoms with E-state index in [-0.39, 0.29) is 0 Å². The van der Waals surface area contributed by atoms with E-state index in [9.17, 15) is 4.79 Å². The molecule has 0 saturated heterocycles. The van der Waals surface area contributed by atoms with E-state index in [1.165, 1.54) is 0 Å². The molecule has 0 saturated carbocycles. The number of benzene rings is 1. The normalized spacial score (nSPS) is 9.29. The second-order valence-electron chi connectivity index (χ2n) is 2.75. The monoisotopic (exact) mass is 192 g/mol. The molecule has 1 aromatic rings. The lowest BCUT2D eigenvalue weighted by Gasteiger charge is -2.04. The summed E-state index contributed by atoms with van der Waals surface area (Å²) in [6.07, 6.45) is 0.720. The van der Waals surface area contributed by atoms with Crippen molar-refractivity contribution in [3.05, 3.63) is 29.8 Å². The average Bonchev–Trinajstić information content (AvgIpc) is 2.25. The van der Waals surface area contributed by atoms with Gasteiger partial charge in [-0.2, -0.15) is 5.26 Å². The Morgan fingerprint density at radius 2 is 2.43 bits per heavy atom. The highest BCUT2D eigenvalue weighted by Crippen LogP contribution is 2.10. The molecule has 4 nitrogen and oxygen atoms in total. The van der Waals surface area contributed by atoms with E-state index in [4.69, 9.17) is 5.26 Å². The maximum absolute atomic E-state index is 10.9. The molecule has 2 N–H and O–H groups in total. The Bertz CT molecular complexity index is 317. The van der Waals surface area contributed by atoms with Gasteiger partial charge >= 0.3 is 5.97 Å². The van der Waals surface area contributed by atoms with Crippen LogP contribution in [0.3, 0.4) is 0 Å². The number of anilines is 1. The van der Waals surface area contributed by atoms with Crippen LogP contribution in [0, 0.1) is 0 Å². The highest BCUT2D eigenvalue weighted by molar-refractivity contribution is 6.34. The first-order valence-electron chi connectivity index (χ1n) is 4.25. The van der Waals surface area contributed by atoms with Gasteiger partial charge in [-0.25, -0.2) is 4.79 Å². The van der Waals surface area contributed by atoms with Crippen LogP contribution in [0.1, 0.15) is 10.4 Å². The highest BCUT2D eigenvalue weighted by Gasteiger charge is 2.06. The first-order chi connectivity index (χ1) is 6.77. The van der Waals surface area contributed by atoms with Gasteiger partial charge in [0.25, 0.3) is 0 Å². The number of hydrogen-bond acceptors (Lipinski definition) is 4. The summed E-state index contributed by atoms with van der Waals surface area (Å²) in [5, 5.41) is 11.2. The van der Waals surface area contributed by atoms with Crippen molar-refractivity contribution in [2.75, 3.05) is 11.8 Å². The van der Waals surface area contributed by atoms with Gasteiger partial charge in [-0.1, -0.05) is 12.9 Å². The van der Waals surface area contributed by atoms with Crippen LogP contribution in [0.5, 0.6) is 0 Å². The summed E-state index contributed by atoms with van der Waals surface area (Å²) in [7, 11) is 1.96. The SMILES string of the molecule is C[B]CNc1cccc(C(=O)OO)c1. The van der Waals surface area contributed by atoms with Crippen LogP contribution in [-0.4, -0.2) is 25.0 Å². The van der Waals surface area contributed by atoms with Crippen molar-refractivity contribution in [2.24, 2.45) is 0 Å². The predicted octanol–water partition coefficient (Wildman–Crippen LogP) is 1.44. The minimum Gasteiger partial charge on any atom is -0.393 e. The van der Waals surface area contributed by atoms with Crippen molar-refractivity contribution in [3.63, 3.8) is 0 Å². The van der Waals surface area contributed by atoms with Crippen LogP contribution in [0.4, 0.5) is 5.69 Å². The average molecular weight is 192 g/mol. The van der Waals surface area contributed by atoms with Gasteiger partial charge in [0, 0.05) is 5.69 Å². The zero-order valence-corrected chi connectivity index (χ0v) is 7.86. The molecule has 5 heteroatoms. The van der Waals surface area contributed by atoms with Crippen molar-refractivity contribution in [2.45, 2.75) is 6.82 Å². The summed E-state index contributed by atoms with van der Waals surface area (Å²) in [5.41, 5.74) is 1.12. The van der Waals surface area contributed by atoms with Crippen LogP contribution >= 0.6 is 0 Å². The lowest BCUT2D eigenvalue weighted by atomic mass is 9.83. The summed E-state index contributed by atoms with van der Waals surface area (Å²) in [6.45, 7) is 1.93. The van der Waals surface area contributed by atoms with Crippen molar-refractivity contribution in [3.8, 4) is 0 Å². The van der Waals surface area contributed by atoms with E-state index >= 15 is 0 Å². The van der Waals surface area contributed by atoms with E-state index in [0.29, 0.717) is 5.56 Å². The zero-order valence-electron chi connectivity index (χ0n) is 7.86. The van der Waals surface area contributed by atoms with Crippen LogP contribution in [-0.2, 0) is 4.89 Å². The molecule has 14 heavy (non-hydrogen) atoms. The second kappa shape index (κ2) is 5.29. The van der Waals surface area contributed by atoms with Crippen LogP contribution in [0.2, 0.25) is 6.82 Å². The van der Waals surface area contributed by atoms with Crippen LogP contribution in [0.25, 0.3) is 0 Å². The molecule has 0 aliphatic carbocycles. The van der Waals surface area contributed by atoms with E-state index < -0.39 is 5.97 Å². The van der Waals surface area contributed by atoms with Gasteiger partial charge in [0.2, 0.25) is 0 Å². The van der Waals surface area contributed by atoms with Gasteiger partial charge in [-0.05, 0) is 24.6 Å². The third-order valence-corrected chi connectivity index (χ3v) is 1.69. The molecule has 0 amide bonds. The molecule has 0 heterocycles. The van der Waals surface area contributed by atoms with Gasteiger partial charge < -0.3 is 5.32 Å². The quantitative estimate of drug-likeness (QED) is 0.430. The lowest BCUT2D eigenvalue weighted by molar-refractivity contribution is -0.182. The molecule has 0 unspecified atom stereocenters. The number of rotatable bonds is 4. The van der Waals surface area contributed by atoms with Crippen molar-refractivity contribution in [1.82, 2.24) is 0 Å². The first-order valence-corrected chi connectivity index (χ1v) is 4.25. The van der Waals surface area contributed by atoms with E-state index in [0.717, 1.165) is 12.1 Å². The molecule has 0 aliphatic rings. The van der Waals surface area contributed by atoms with Crippen LogP contribution in [0.15, 0.2) is 24.3 Å². The van der Waals surface area contributed by atoms with Gasteiger partial charge in [0.05, 0.1) is 5.56 Å². The fraction of sp³-hybridized carbons (Fsp3) is 0.222. The molecule has 0 aromatic heterocycles. The first kappa shape index (κ1) is 10.6. The maximum atomic E-state index is 10.9. The Morgan fingerprint density at radius 3 is 3.07 bits per heavy atom. The fourth-order valence-corrected chi connectivity index (χ4v) is 1.03. The summed E-state index contributed by atoms with van der Waals surface area (Å²) < 4.78 is 0. The number of hydrogen-bond donors (Lipinski definition) is 2. The minimum atomic E-state index is -0.755. The third kappa shape index (κ3) is 2.78.